The van der Waals surface area contributed by atoms with Crippen LogP contribution >= 0.6 is 11.6 Å². The van der Waals surface area contributed by atoms with Gasteiger partial charge in [0, 0.05) is 29.9 Å². The van der Waals surface area contributed by atoms with Crippen LogP contribution in [-0.2, 0) is 0 Å². The van der Waals surface area contributed by atoms with Crippen LogP contribution in [0.15, 0.2) is 48.8 Å². The molecular formula is C14H15ClN2O. The second-order valence-electron chi connectivity index (χ2n) is 4.12. The Hall–Kier alpha value is -1.42. The van der Waals surface area contributed by atoms with Crippen molar-refractivity contribution in [2.45, 2.75) is 12.0 Å². The SMILES string of the molecule is NCC(c1cccc(Cl)c1)C(O)c1ccncc1. The van der Waals surface area contributed by atoms with Crippen LogP contribution < -0.4 is 5.73 Å². The topological polar surface area (TPSA) is 59.1 Å². The Morgan fingerprint density at radius 2 is 1.89 bits per heavy atom. The molecule has 1 heterocycles. The standard InChI is InChI=1S/C14H15ClN2O/c15-12-3-1-2-11(8-12)13(9-16)14(18)10-4-6-17-7-5-10/h1-8,13-14,18H,9,16H2. The molecule has 0 aliphatic rings. The fourth-order valence-corrected chi connectivity index (χ4v) is 2.18. The van der Waals surface area contributed by atoms with E-state index < -0.39 is 6.10 Å². The molecule has 0 aliphatic heterocycles. The van der Waals surface area contributed by atoms with Gasteiger partial charge in [-0.15, -0.1) is 0 Å². The van der Waals surface area contributed by atoms with Gasteiger partial charge in [-0.1, -0.05) is 23.7 Å². The Morgan fingerprint density at radius 3 is 2.50 bits per heavy atom. The fraction of sp³-hybridized carbons (Fsp3) is 0.214. The molecule has 0 bridgehead atoms. The van der Waals surface area contributed by atoms with Crippen LogP contribution in [0.5, 0.6) is 0 Å². The molecule has 3 N–H and O–H groups in total. The molecule has 2 rings (SSSR count). The maximum atomic E-state index is 10.4. The quantitative estimate of drug-likeness (QED) is 0.890. The van der Waals surface area contributed by atoms with Gasteiger partial charge in [-0.3, -0.25) is 4.98 Å². The minimum atomic E-state index is -0.656. The van der Waals surface area contributed by atoms with Crippen molar-refractivity contribution in [2.75, 3.05) is 6.54 Å². The van der Waals surface area contributed by atoms with Crippen LogP contribution in [0.2, 0.25) is 5.02 Å². The Bertz CT molecular complexity index is 504. The summed E-state index contributed by atoms with van der Waals surface area (Å²) in [6.45, 7) is 0.351. The summed E-state index contributed by atoms with van der Waals surface area (Å²) in [6.07, 6.45) is 2.66. The largest absolute Gasteiger partial charge is 0.388 e. The molecule has 0 saturated heterocycles. The molecule has 0 spiro atoms. The van der Waals surface area contributed by atoms with Crippen molar-refractivity contribution < 1.29 is 5.11 Å². The number of aliphatic hydroxyl groups is 1. The molecule has 0 radical (unpaired) electrons. The van der Waals surface area contributed by atoms with Gasteiger partial charge in [0.05, 0.1) is 6.10 Å². The Balaban J connectivity index is 2.29. The summed E-state index contributed by atoms with van der Waals surface area (Å²) in [5, 5.41) is 11.0. The summed E-state index contributed by atoms with van der Waals surface area (Å²) in [4.78, 5) is 3.94. The lowest BCUT2D eigenvalue weighted by atomic mass is 9.90. The normalized spacial score (nSPS) is 14.2. The molecule has 4 heteroatoms. The highest BCUT2D eigenvalue weighted by atomic mass is 35.5. The number of rotatable bonds is 4. The van der Waals surface area contributed by atoms with E-state index in [1.54, 1.807) is 30.6 Å². The molecule has 1 aromatic carbocycles. The van der Waals surface area contributed by atoms with Gasteiger partial charge in [0.2, 0.25) is 0 Å². The first kappa shape index (κ1) is 13.0. The Morgan fingerprint density at radius 1 is 1.17 bits per heavy atom. The smallest absolute Gasteiger partial charge is 0.0871 e. The van der Waals surface area contributed by atoms with Gasteiger partial charge in [-0.05, 0) is 35.4 Å². The highest BCUT2D eigenvalue weighted by molar-refractivity contribution is 6.30. The molecule has 2 unspecified atom stereocenters. The second kappa shape index (κ2) is 5.96. The van der Waals surface area contributed by atoms with Gasteiger partial charge in [0.15, 0.2) is 0 Å². The van der Waals surface area contributed by atoms with Crippen LogP contribution in [0.3, 0.4) is 0 Å². The third-order valence-electron chi connectivity index (χ3n) is 2.96. The lowest BCUT2D eigenvalue weighted by Gasteiger charge is -2.22. The van der Waals surface area contributed by atoms with E-state index in [0.717, 1.165) is 11.1 Å². The van der Waals surface area contributed by atoms with Gasteiger partial charge in [0.25, 0.3) is 0 Å². The van der Waals surface area contributed by atoms with E-state index in [2.05, 4.69) is 4.98 Å². The van der Waals surface area contributed by atoms with E-state index >= 15 is 0 Å². The lowest BCUT2D eigenvalue weighted by Crippen LogP contribution is -2.20. The maximum Gasteiger partial charge on any atom is 0.0871 e. The predicted molar refractivity (Wildman–Crippen MR) is 72.4 cm³/mol. The zero-order valence-corrected chi connectivity index (χ0v) is 10.6. The summed E-state index contributed by atoms with van der Waals surface area (Å²) in [5.74, 6) is -0.175. The molecule has 0 saturated carbocycles. The Kier molecular flexibility index (Phi) is 4.31. The molecule has 0 fully saturated rings. The first-order valence-corrected chi connectivity index (χ1v) is 6.13. The Labute approximate surface area is 111 Å². The summed E-state index contributed by atoms with van der Waals surface area (Å²) >= 11 is 5.96. The second-order valence-corrected chi connectivity index (χ2v) is 4.56. The van der Waals surface area contributed by atoms with Crippen LogP contribution in [-0.4, -0.2) is 16.6 Å². The van der Waals surface area contributed by atoms with Gasteiger partial charge < -0.3 is 10.8 Å². The van der Waals surface area contributed by atoms with Crippen molar-refractivity contribution in [3.63, 3.8) is 0 Å². The molecular weight excluding hydrogens is 248 g/mol. The predicted octanol–water partition coefficient (Wildman–Crippen LogP) is 2.51. The first-order valence-electron chi connectivity index (χ1n) is 5.76. The summed E-state index contributed by atoms with van der Waals surface area (Å²) in [5.41, 5.74) is 7.52. The number of nitrogens with zero attached hydrogens (tertiary/aromatic N) is 1. The van der Waals surface area contributed by atoms with E-state index in [9.17, 15) is 5.11 Å². The van der Waals surface area contributed by atoms with Crippen molar-refractivity contribution in [3.8, 4) is 0 Å². The fourth-order valence-electron chi connectivity index (χ4n) is 1.98. The monoisotopic (exact) mass is 262 g/mol. The van der Waals surface area contributed by atoms with Gasteiger partial charge in [0.1, 0.15) is 0 Å². The number of aromatic nitrogens is 1. The summed E-state index contributed by atoms with van der Waals surface area (Å²) in [7, 11) is 0. The number of hydrogen-bond donors (Lipinski definition) is 2. The molecule has 0 amide bonds. The maximum absolute atomic E-state index is 10.4. The molecule has 2 atom stereocenters. The van der Waals surface area contributed by atoms with Crippen molar-refractivity contribution in [1.82, 2.24) is 4.98 Å². The number of benzene rings is 1. The average Bonchev–Trinajstić information content (AvgIpc) is 2.40. The van der Waals surface area contributed by atoms with E-state index in [1.807, 2.05) is 18.2 Å². The number of pyridine rings is 1. The molecule has 3 nitrogen and oxygen atoms in total. The molecule has 1 aromatic heterocycles. The van der Waals surface area contributed by atoms with Gasteiger partial charge in [-0.25, -0.2) is 0 Å². The highest BCUT2D eigenvalue weighted by Crippen LogP contribution is 2.30. The van der Waals surface area contributed by atoms with Crippen molar-refractivity contribution >= 4 is 11.6 Å². The van der Waals surface area contributed by atoms with Crippen LogP contribution in [0.25, 0.3) is 0 Å². The molecule has 18 heavy (non-hydrogen) atoms. The lowest BCUT2D eigenvalue weighted by molar-refractivity contribution is 0.147. The van der Waals surface area contributed by atoms with Crippen LogP contribution in [0.1, 0.15) is 23.1 Å². The van der Waals surface area contributed by atoms with E-state index in [1.165, 1.54) is 0 Å². The number of aliphatic hydroxyl groups excluding tert-OH is 1. The first-order chi connectivity index (χ1) is 8.72. The third kappa shape index (κ3) is 2.88. The number of hydrogen-bond acceptors (Lipinski definition) is 3. The molecule has 2 aromatic rings. The van der Waals surface area contributed by atoms with E-state index in [4.69, 9.17) is 17.3 Å². The summed E-state index contributed by atoms with van der Waals surface area (Å²) in [6, 6.07) is 11.0. The van der Waals surface area contributed by atoms with Crippen LogP contribution in [0, 0.1) is 0 Å². The molecule has 94 valence electrons. The minimum absolute atomic E-state index is 0.175. The zero-order chi connectivity index (χ0) is 13.0. The zero-order valence-electron chi connectivity index (χ0n) is 9.83. The van der Waals surface area contributed by atoms with Crippen LogP contribution in [0.4, 0.5) is 0 Å². The van der Waals surface area contributed by atoms with Gasteiger partial charge >= 0.3 is 0 Å². The average molecular weight is 263 g/mol. The number of halogens is 1. The number of nitrogens with two attached hydrogens (primary N) is 1. The van der Waals surface area contributed by atoms with Crippen molar-refractivity contribution in [1.29, 1.82) is 0 Å². The highest BCUT2D eigenvalue weighted by Gasteiger charge is 2.21. The van der Waals surface area contributed by atoms with E-state index in [0.29, 0.717) is 11.6 Å². The van der Waals surface area contributed by atoms with Crippen molar-refractivity contribution in [3.05, 3.63) is 64.9 Å². The van der Waals surface area contributed by atoms with E-state index in [-0.39, 0.29) is 5.92 Å². The minimum Gasteiger partial charge on any atom is -0.388 e. The molecule has 0 aliphatic carbocycles. The van der Waals surface area contributed by atoms with Gasteiger partial charge in [-0.2, -0.15) is 0 Å². The third-order valence-corrected chi connectivity index (χ3v) is 3.19. The summed E-state index contributed by atoms with van der Waals surface area (Å²) < 4.78 is 0. The van der Waals surface area contributed by atoms with Crippen molar-refractivity contribution in [2.24, 2.45) is 5.73 Å².